The summed E-state index contributed by atoms with van der Waals surface area (Å²) < 4.78 is 38.2. The minimum absolute atomic E-state index is 0.225. The van der Waals surface area contributed by atoms with Crippen LogP contribution in [0, 0.1) is 5.82 Å². The predicted octanol–water partition coefficient (Wildman–Crippen LogP) is 2.56. The lowest BCUT2D eigenvalue weighted by atomic mass is 10.1. The van der Waals surface area contributed by atoms with Gasteiger partial charge >= 0.3 is 0 Å². The second-order valence-electron chi connectivity index (χ2n) is 2.49. The first kappa shape index (κ1) is 10.3. The topological polar surface area (TPSA) is 20.2 Å². The SMILES string of the molecule is OCC(F)(F)c1ccc(Cl)c(F)c1. The summed E-state index contributed by atoms with van der Waals surface area (Å²) in [6, 6.07) is 2.61. The molecule has 0 aromatic heterocycles. The zero-order valence-electron chi connectivity index (χ0n) is 6.40. The van der Waals surface area contributed by atoms with E-state index in [0.717, 1.165) is 12.1 Å². The van der Waals surface area contributed by atoms with Gasteiger partial charge in [0.05, 0.1) is 5.02 Å². The van der Waals surface area contributed by atoms with Gasteiger partial charge in [-0.1, -0.05) is 17.7 Å². The van der Waals surface area contributed by atoms with Crippen LogP contribution in [0.3, 0.4) is 0 Å². The summed E-state index contributed by atoms with van der Waals surface area (Å²) in [4.78, 5) is 0. The molecule has 0 saturated carbocycles. The van der Waals surface area contributed by atoms with Crippen LogP contribution in [-0.2, 0) is 5.92 Å². The highest BCUT2D eigenvalue weighted by Gasteiger charge is 2.30. The van der Waals surface area contributed by atoms with Gasteiger partial charge in [0.15, 0.2) is 0 Å². The van der Waals surface area contributed by atoms with Crippen LogP contribution in [0.15, 0.2) is 18.2 Å². The molecule has 0 spiro atoms. The van der Waals surface area contributed by atoms with Crippen molar-refractivity contribution >= 4 is 11.6 Å². The van der Waals surface area contributed by atoms with Crippen molar-refractivity contribution in [2.75, 3.05) is 6.61 Å². The highest BCUT2D eigenvalue weighted by Crippen LogP contribution is 2.29. The third-order valence-electron chi connectivity index (χ3n) is 1.54. The lowest BCUT2D eigenvalue weighted by Gasteiger charge is -2.13. The molecule has 0 atom stereocenters. The van der Waals surface area contributed by atoms with E-state index in [1.54, 1.807) is 0 Å². The number of alkyl halides is 2. The first-order valence-corrected chi connectivity index (χ1v) is 3.79. The van der Waals surface area contributed by atoms with Crippen LogP contribution in [-0.4, -0.2) is 11.7 Å². The summed E-state index contributed by atoms with van der Waals surface area (Å²) in [6.07, 6.45) is 0. The molecule has 1 aromatic carbocycles. The van der Waals surface area contributed by atoms with Gasteiger partial charge in [-0.25, -0.2) is 4.39 Å². The Morgan fingerprint density at radius 3 is 2.46 bits per heavy atom. The van der Waals surface area contributed by atoms with Crippen molar-refractivity contribution in [2.24, 2.45) is 0 Å². The highest BCUT2D eigenvalue weighted by molar-refractivity contribution is 6.30. The molecule has 5 heteroatoms. The van der Waals surface area contributed by atoms with E-state index < -0.39 is 23.9 Å². The molecule has 0 radical (unpaired) electrons. The molecule has 13 heavy (non-hydrogen) atoms. The van der Waals surface area contributed by atoms with Gasteiger partial charge in [-0.05, 0) is 12.1 Å². The summed E-state index contributed by atoms with van der Waals surface area (Å²) in [6.45, 7) is -1.35. The van der Waals surface area contributed by atoms with Crippen molar-refractivity contribution < 1.29 is 18.3 Å². The molecule has 0 aliphatic carbocycles. The maximum Gasteiger partial charge on any atom is 0.295 e. The summed E-state index contributed by atoms with van der Waals surface area (Å²) in [5, 5.41) is 8.08. The van der Waals surface area contributed by atoms with Crippen molar-refractivity contribution in [2.45, 2.75) is 5.92 Å². The second-order valence-corrected chi connectivity index (χ2v) is 2.90. The fourth-order valence-corrected chi connectivity index (χ4v) is 0.932. The predicted molar refractivity (Wildman–Crippen MR) is 42.4 cm³/mol. The molecule has 0 amide bonds. The van der Waals surface area contributed by atoms with Gasteiger partial charge in [0.1, 0.15) is 12.4 Å². The Hall–Kier alpha value is -0.740. The average molecular weight is 211 g/mol. The van der Waals surface area contributed by atoms with Crippen LogP contribution in [0.2, 0.25) is 5.02 Å². The number of halogens is 4. The monoisotopic (exact) mass is 210 g/mol. The normalized spacial score (nSPS) is 11.8. The number of hydrogen-bond donors (Lipinski definition) is 1. The summed E-state index contributed by atoms with van der Waals surface area (Å²) in [5.74, 6) is -4.35. The van der Waals surface area contributed by atoms with Gasteiger partial charge in [-0.2, -0.15) is 8.78 Å². The Kier molecular flexibility index (Phi) is 2.83. The van der Waals surface area contributed by atoms with Crippen LogP contribution >= 0.6 is 11.6 Å². The van der Waals surface area contributed by atoms with Crippen LogP contribution in [0.1, 0.15) is 5.56 Å². The average Bonchev–Trinajstić information content (AvgIpc) is 2.09. The molecule has 0 saturated heterocycles. The van der Waals surface area contributed by atoms with E-state index in [2.05, 4.69) is 0 Å². The Bertz CT molecular complexity index is 314. The van der Waals surface area contributed by atoms with E-state index in [1.807, 2.05) is 0 Å². The molecule has 0 aliphatic rings. The Morgan fingerprint density at radius 1 is 1.38 bits per heavy atom. The summed E-state index contributed by atoms with van der Waals surface area (Å²) >= 11 is 5.29. The minimum Gasteiger partial charge on any atom is -0.390 e. The van der Waals surface area contributed by atoms with Gasteiger partial charge in [-0.15, -0.1) is 0 Å². The third-order valence-corrected chi connectivity index (χ3v) is 1.85. The van der Waals surface area contributed by atoms with Crippen molar-refractivity contribution in [1.29, 1.82) is 0 Å². The molecule has 0 bridgehead atoms. The molecule has 0 fully saturated rings. The molecule has 1 N–H and O–H groups in total. The Morgan fingerprint density at radius 2 is 2.00 bits per heavy atom. The fraction of sp³-hybridized carbons (Fsp3) is 0.250. The minimum atomic E-state index is -3.43. The quantitative estimate of drug-likeness (QED) is 0.796. The zero-order valence-corrected chi connectivity index (χ0v) is 7.15. The van der Waals surface area contributed by atoms with Gasteiger partial charge in [0.2, 0.25) is 0 Å². The lowest BCUT2D eigenvalue weighted by Crippen LogP contribution is -2.18. The molecule has 0 unspecified atom stereocenters. The molecule has 1 aromatic rings. The van der Waals surface area contributed by atoms with Crippen LogP contribution in [0.4, 0.5) is 13.2 Å². The Labute approximate surface area is 77.8 Å². The number of rotatable bonds is 2. The smallest absolute Gasteiger partial charge is 0.295 e. The van der Waals surface area contributed by atoms with E-state index >= 15 is 0 Å². The largest absolute Gasteiger partial charge is 0.390 e. The van der Waals surface area contributed by atoms with Gasteiger partial charge in [0.25, 0.3) is 5.92 Å². The van der Waals surface area contributed by atoms with Crippen molar-refractivity contribution in [3.05, 3.63) is 34.6 Å². The van der Waals surface area contributed by atoms with Crippen LogP contribution < -0.4 is 0 Å². The molecule has 1 rings (SSSR count). The first-order chi connectivity index (χ1) is 5.97. The van der Waals surface area contributed by atoms with Gasteiger partial charge < -0.3 is 5.11 Å². The van der Waals surface area contributed by atoms with E-state index in [-0.39, 0.29) is 5.02 Å². The fourth-order valence-electron chi connectivity index (χ4n) is 0.815. The van der Waals surface area contributed by atoms with E-state index in [1.165, 1.54) is 0 Å². The maximum atomic E-state index is 12.7. The molecule has 0 aliphatic heterocycles. The molecule has 72 valence electrons. The summed E-state index contributed by atoms with van der Waals surface area (Å²) in [5.41, 5.74) is -0.586. The lowest BCUT2D eigenvalue weighted by molar-refractivity contribution is -0.0558. The van der Waals surface area contributed by atoms with E-state index in [0.29, 0.717) is 6.07 Å². The Balaban J connectivity index is 3.10. The highest BCUT2D eigenvalue weighted by atomic mass is 35.5. The van der Waals surface area contributed by atoms with E-state index in [4.69, 9.17) is 16.7 Å². The van der Waals surface area contributed by atoms with Gasteiger partial charge in [-0.3, -0.25) is 0 Å². The molecule has 1 nitrogen and oxygen atoms in total. The zero-order chi connectivity index (χ0) is 10.1. The number of benzene rings is 1. The van der Waals surface area contributed by atoms with Crippen molar-refractivity contribution in [3.8, 4) is 0 Å². The summed E-state index contributed by atoms with van der Waals surface area (Å²) in [7, 11) is 0. The molecular weight excluding hydrogens is 205 g/mol. The third kappa shape index (κ3) is 2.14. The number of aliphatic hydroxyl groups is 1. The number of aliphatic hydroxyl groups excluding tert-OH is 1. The van der Waals surface area contributed by atoms with Crippen LogP contribution in [0.25, 0.3) is 0 Å². The number of hydrogen-bond acceptors (Lipinski definition) is 1. The molecule has 0 heterocycles. The van der Waals surface area contributed by atoms with Crippen molar-refractivity contribution in [3.63, 3.8) is 0 Å². The van der Waals surface area contributed by atoms with Crippen LogP contribution in [0.5, 0.6) is 0 Å². The second kappa shape index (κ2) is 3.55. The molecular formula is C8H6ClF3O. The van der Waals surface area contributed by atoms with Gasteiger partial charge in [0, 0.05) is 5.56 Å². The standard InChI is InChI=1S/C8H6ClF3O/c9-6-2-1-5(3-7(6)10)8(11,12)4-13/h1-3,13H,4H2. The van der Waals surface area contributed by atoms with Crippen molar-refractivity contribution in [1.82, 2.24) is 0 Å². The van der Waals surface area contributed by atoms with E-state index in [9.17, 15) is 13.2 Å². The first-order valence-electron chi connectivity index (χ1n) is 3.41. The maximum absolute atomic E-state index is 12.7.